The van der Waals surface area contributed by atoms with E-state index in [0.29, 0.717) is 0 Å². The fourth-order valence-corrected chi connectivity index (χ4v) is 3.65. The van der Waals surface area contributed by atoms with E-state index in [-0.39, 0.29) is 5.91 Å². The van der Waals surface area contributed by atoms with Crippen LogP contribution in [0.15, 0.2) is 24.3 Å². The van der Waals surface area contributed by atoms with Crippen molar-refractivity contribution in [1.82, 2.24) is 10.2 Å². The molecule has 1 aliphatic rings. The number of thioether (sulfide) groups is 1. The molecule has 1 heterocycles. The molecule has 27 heavy (non-hydrogen) atoms. The second-order valence-corrected chi connectivity index (χ2v) is 8.98. The maximum absolute atomic E-state index is 12.2. The topological polar surface area (TPSA) is 70.7 Å². The number of hydrogen-bond acceptors (Lipinski definition) is 5. The number of ether oxygens (including phenoxy) is 1. The van der Waals surface area contributed by atoms with E-state index >= 15 is 0 Å². The van der Waals surface area contributed by atoms with E-state index in [2.05, 4.69) is 15.5 Å². The van der Waals surface area contributed by atoms with Crippen LogP contribution >= 0.6 is 11.8 Å². The minimum absolute atomic E-state index is 0.278. The predicted molar refractivity (Wildman–Crippen MR) is 111 cm³/mol. The minimum atomic E-state index is -0.684. The molecule has 0 bridgehead atoms. The molecule has 2 N–H and O–H groups in total. The van der Waals surface area contributed by atoms with Crippen LogP contribution in [0.1, 0.15) is 33.3 Å². The van der Waals surface area contributed by atoms with Crippen LogP contribution in [-0.2, 0) is 16.0 Å². The Bertz CT molecular complexity index is 622. The Morgan fingerprint density at radius 3 is 2.41 bits per heavy atom. The third-order valence-electron chi connectivity index (χ3n) is 4.17. The number of nitrogens with zero attached hydrogens (tertiary/aromatic N) is 1. The summed E-state index contributed by atoms with van der Waals surface area (Å²) in [4.78, 5) is 26.5. The first-order valence-electron chi connectivity index (χ1n) is 9.42. The third kappa shape index (κ3) is 8.22. The lowest BCUT2D eigenvalue weighted by molar-refractivity contribution is -0.117. The van der Waals surface area contributed by atoms with Gasteiger partial charge in [-0.25, -0.2) is 4.79 Å². The van der Waals surface area contributed by atoms with Crippen LogP contribution in [0.2, 0.25) is 0 Å². The van der Waals surface area contributed by atoms with Crippen LogP contribution in [0.4, 0.5) is 10.5 Å². The summed E-state index contributed by atoms with van der Waals surface area (Å²) in [7, 11) is 0. The molecule has 7 heteroatoms. The van der Waals surface area contributed by atoms with Gasteiger partial charge >= 0.3 is 6.09 Å². The number of benzene rings is 1. The van der Waals surface area contributed by atoms with E-state index in [9.17, 15) is 9.59 Å². The van der Waals surface area contributed by atoms with Gasteiger partial charge in [0.05, 0.1) is 0 Å². The predicted octanol–water partition coefficient (Wildman–Crippen LogP) is 3.13. The molecule has 0 radical (unpaired) electrons. The second-order valence-electron chi connectivity index (χ2n) is 7.76. The number of carbonyl (C=O) groups excluding carboxylic acids is 2. The van der Waals surface area contributed by atoms with E-state index in [1.807, 2.05) is 36.0 Å². The van der Waals surface area contributed by atoms with Crippen LogP contribution in [0.3, 0.4) is 0 Å². The molecule has 1 fully saturated rings. The van der Waals surface area contributed by atoms with Gasteiger partial charge in [-0.3, -0.25) is 4.79 Å². The molecule has 6 nitrogen and oxygen atoms in total. The number of rotatable bonds is 6. The van der Waals surface area contributed by atoms with Gasteiger partial charge in [0.25, 0.3) is 0 Å². The SMILES string of the molecule is CC(NC(=O)OC(C)(C)C)C(=O)Nc1ccc(CCN2CCSCC2)cc1. The molecule has 0 aromatic heterocycles. The Balaban J connectivity index is 1.77. The highest BCUT2D eigenvalue weighted by molar-refractivity contribution is 7.99. The molecule has 0 saturated carbocycles. The lowest BCUT2D eigenvalue weighted by atomic mass is 10.1. The molecule has 0 spiro atoms. The Hall–Kier alpha value is -1.73. The molecule has 1 aliphatic heterocycles. The molecule has 2 amide bonds. The van der Waals surface area contributed by atoms with Gasteiger partial charge in [0.2, 0.25) is 5.91 Å². The molecular formula is C20H31N3O3S. The molecule has 150 valence electrons. The molecule has 1 aromatic carbocycles. The smallest absolute Gasteiger partial charge is 0.408 e. The van der Waals surface area contributed by atoms with Gasteiger partial charge in [0.15, 0.2) is 0 Å². The first-order valence-corrected chi connectivity index (χ1v) is 10.6. The van der Waals surface area contributed by atoms with E-state index in [1.165, 1.54) is 30.2 Å². The van der Waals surface area contributed by atoms with E-state index in [4.69, 9.17) is 4.74 Å². The first kappa shape index (κ1) is 21.6. The van der Waals surface area contributed by atoms with Crippen LogP contribution in [0.5, 0.6) is 0 Å². The van der Waals surface area contributed by atoms with Crippen molar-refractivity contribution in [2.75, 3.05) is 36.5 Å². The molecule has 1 saturated heterocycles. The number of alkyl carbamates (subject to hydrolysis) is 1. The van der Waals surface area contributed by atoms with Gasteiger partial charge in [-0.1, -0.05) is 12.1 Å². The lowest BCUT2D eigenvalue weighted by Crippen LogP contribution is -2.43. The Morgan fingerprint density at radius 2 is 1.81 bits per heavy atom. The van der Waals surface area contributed by atoms with Crippen LogP contribution < -0.4 is 10.6 Å². The van der Waals surface area contributed by atoms with Gasteiger partial charge in [0, 0.05) is 36.8 Å². The van der Waals surface area contributed by atoms with Crippen LogP contribution in [-0.4, -0.2) is 59.7 Å². The zero-order chi connectivity index (χ0) is 19.9. The van der Waals surface area contributed by atoms with Crippen molar-refractivity contribution < 1.29 is 14.3 Å². The van der Waals surface area contributed by atoms with E-state index in [1.54, 1.807) is 27.7 Å². The van der Waals surface area contributed by atoms with E-state index in [0.717, 1.165) is 18.7 Å². The van der Waals surface area contributed by atoms with Crippen LogP contribution in [0, 0.1) is 0 Å². The van der Waals surface area contributed by atoms with Gasteiger partial charge in [0.1, 0.15) is 11.6 Å². The molecule has 0 aliphatic carbocycles. The zero-order valence-electron chi connectivity index (χ0n) is 16.7. The number of hydrogen-bond donors (Lipinski definition) is 2. The number of carbonyl (C=O) groups is 2. The normalized spacial score (nSPS) is 16.4. The summed E-state index contributed by atoms with van der Waals surface area (Å²) in [5.74, 6) is 2.17. The fourth-order valence-electron chi connectivity index (χ4n) is 2.67. The van der Waals surface area contributed by atoms with Crippen molar-refractivity contribution >= 4 is 29.4 Å². The van der Waals surface area contributed by atoms with Gasteiger partial charge in [-0.15, -0.1) is 0 Å². The van der Waals surface area contributed by atoms with Crippen molar-refractivity contribution in [2.24, 2.45) is 0 Å². The Labute approximate surface area is 166 Å². The fraction of sp³-hybridized carbons (Fsp3) is 0.600. The summed E-state index contributed by atoms with van der Waals surface area (Å²) < 4.78 is 5.17. The average Bonchev–Trinajstić information content (AvgIpc) is 2.60. The summed E-state index contributed by atoms with van der Waals surface area (Å²) in [5, 5.41) is 5.36. The minimum Gasteiger partial charge on any atom is -0.444 e. The summed E-state index contributed by atoms with van der Waals surface area (Å²) >= 11 is 2.02. The lowest BCUT2D eigenvalue weighted by Gasteiger charge is -2.26. The van der Waals surface area contributed by atoms with Crippen LogP contribution in [0.25, 0.3) is 0 Å². The van der Waals surface area contributed by atoms with Crippen molar-refractivity contribution in [3.63, 3.8) is 0 Å². The monoisotopic (exact) mass is 393 g/mol. The van der Waals surface area contributed by atoms with Crippen molar-refractivity contribution in [1.29, 1.82) is 0 Å². The third-order valence-corrected chi connectivity index (χ3v) is 5.11. The zero-order valence-corrected chi connectivity index (χ0v) is 17.5. The molecular weight excluding hydrogens is 362 g/mol. The molecule has 1 atom stereocenters. The Kier molecular flexibility index (Phi) is 7.98. The van der Waals surface area contributed by atoms with E-state index < -0.39 is 17.7 Å². The second kappa shape index (κ2) is 9.99. The standard InChI is InChI=1S/C20H31N3O3S/c1-15(21-19(25)26-20(2,3)4)18(24)22-17-7-5-16(6-8-17)9-10-23-11-13-27-14-12-23/h5-8,15H,9-14H2,1-4H3,(H,21,25)(H,22,24). The largest absolute Gasteiger partial charge is 0.444 e. The highest BCUT2D eigenvalue weighted by atomic mass is 32.2. The van der Waals surface area contributed by atoms with Gasteiger partial charge < -0.3 is 20.3 Å². The number of anilines is 1. The van der Waals surface area contributed by atoms with Gasteiger partial charge in [-0.05, 0) is 51.8 Å². The summed E-state index contributed by atoms with van der Waals surface area (Å²) in [6.07, 6.45) is 0.409. The average molecular weight is 394 g/mol. The molecule has 1 unspecified atom stereocenters. The number of nitrogens with one attached hydrogen (secondary N) is 2. The van der Waals surface area contributed by atoms with Gasteiger partial charge in [-0.2, -0.15) is 11.8 Å². The highest BCUT2D eigenvalue weighted by Crippen LogP contribution is 2.13. The summed E-state index contributed by atoms with van der Waals surface area (Å²) in [6.45, 7) is 10.4. The quantitative estimate of drug-likeness (QED) is 0.777. The highest BCUT2D eigenvalue weighted by Gasteiger charge is 2.21. The Morgan fingerprint density at radius 1 is 1.19 bits per heavy atom. The maximum Gasteiger partial charge on any atom is 0.408 e. The molecule has 2 rings (SSSR count). The first-order chi connectivity index (χ1) is 12.7. The van der Waals surface area contributed by atoms with Crippen molar-refractivity contribution in [2.45, 2.75) is 45.8 Å². The summed E-state index contributed by atoms with van der Waals surface area (Å²) in [6, 6.07) is 7.20. The maximum atomic E-state index is 12.2. The number of amides is 2. The summed E-state index contributed by atoms with van der Waals surface area (Å²) in [5.41, 5.74) is 1.38. The molecule has 1 aromatic rings. The van der Waals surface area contributed by atoms with Crippen molar-refractivity contribution in [3.8, 4) is 0 Å². The van der Waals surface area contributed by atoms with Crippen molar-refractivity contribution in [3.05, 3.63) is 29.8 Å².